The predicted molar refractivity (Wildman–Crippen MR) is 109 cm³/mol. The molecule has 1 aromatic heterocycles. The van der Waals surface area contributed by atoms with Crippen molar-refractivity contribution in [2.24, 2.45) is 4.99 Å². The molecule has 1 aliphatic heterocycles. The Labute approximate surface area is 172 Å². The summed E-state index contributed by atoms with van der Waals surface area (Å²) in [5.74, 6) is -0.827. The van der Waals surface area contributed by atoms with Gasteiger partial charge in [0.1, 0.15) is 27.8 Å². The van der Waals surface area contributed by atoms with Crippen molar-refractivity contribution in [2.75, 3.05) is 5.32 Å². The van der Waals surface area contributed by atoms with Crippen LogP contribution in [-0.4, -0.2) is 24.5 Å². The summed E-state index contributed by atoms with van der Waals surface area (Å²) in [6, 6.07) is 12.2. The molecule has 0 saturated heterocycles. The zero-order chi connectivity index (χ0) is 21.3. The highest BCUT2D eigenvalue weighted by atomic mass is 32.2. The normalized spacial score (nSPS) is 15.7. The van der Waals surface area contributed by atoms with E-state index < -0.39 is 15.8 Å². The Kier molecular flexibility index (Phi) is 5.00. The lowest BCUT2D eigenvalue weighted by Gasteiger charge is -2.24. The number of ether oxygens (including phenoxy) is 1. The van der Waals surface area contributed by atoms with E-state index in [0.717, 1.165) is 17.7 Å². The Balaban J connectivity index is 1.74. The van der Waals surface area contributed by atoms with Gasteiger partial charge in [0.05, 0.1) is 6.54 Å². The Morgan fingerprint density at radius 2 is 1.97 bits per heavy atom. The first-order valence-corrected chi connectivity index (χ1v) is 10.4. The molecule has 1 aliphatic rings. The van der Waals surface area contributed by atoms with Gasteiger partial charge in [-0.25, -0.2) is 22.5 Å². The van der Waals surface area contributed by atoms with Crippen LogP contribution >= 0.6 is 0 Å². The summed E-state index contributed by atoms with van der Waals surface area (Å²) in [7, 11) is -4.02. The SMILES string of the molecule is Cc1ccccc1Oc1c(F)ccc2c1NC(=NCc1ncccc1O)NS2(=O)=O. The molecule has 2 aromatic carbocycles. The van der Waals surface area contributed by atoms with Gasteiger partial charge in [-0.3, -0.25) is 4.98 Å². The third-order valence-corrected chi connectivity index (χ3v) is 5.78. The van der Waals surface area contributed by atoms with E-state index in [0.29, 0.717) is 5.75 Å². The van der Waals surface area contributed by atoms with Crippen LogP contribution in [0.2, 0.25) is 0 Å². The number of anilines is 1. The Morgan fingerprint density at radius 3 is 2.73 bits per heavy atom. The summed E-state index contributed by atoms with van der Waals surface area (Å²) < 4.78 is 48.0. The standard InChI is InChI=1S/C20H17FN4O4S/c1-12-5-2-3-7-16(12)29-19-13(21)8-9-17-18(19)24-20(25-30(17,27)28)23-11-14-15(26)6-4-10-22-14/h2-10,26H,11H2,1H3,(H2,23,24,25). The van der Waals surface area contributed by atoms with Crippen molar-refractivity contribution in [1.29, 1.82) is 0 Å². The lowest BCUT2D eigenvalue weighted by molar-refractivity contribution is 0.440. The van der Waals surface area contributed by atoms with Crippen molar-refractivity contribution in [1.82, 2.24) is 9.71 Å². The fourth-order valence-electron chi connectivity index (χ4n) is 2.87. The first-order chi connectivity index (χ1) is 14.3. The number of fused-ring (bicyclic) bond motifs is 1. The van der Waals surface area contributed by atoms with Crippen LogP contribution in [0.15, 0.2) is 64.6 Å². The lowest BCUT2D eigenvalue weighted by Crippen LogP contribution is -2.41. The smallest absolute Gasteiger partial charge is 0.266 e. The molecule has 154 valence electrons. The number of pyridine rings is 1. The fourth-order valence-corrected chi connectivity index (χ4v) is 4.01. The van der Waals surface area contributed by atoms with Gasteiger partial charge in [-0.2, -0.15) is 0 Å². The fraction of sp³-hybridized carbons (Fsp3) is 0.100. The molecule has 0 saturated carbocycles. The van der Waals surface area contributed by atoms with Crippen LogP contribution in [0, 0.1) is 12.7 Å². The number of nitrogens with zero attached hydrogens (tertiary/aromatic N) is 2. The molecular weight excluding hydrogens is 411 g/mol. The molecule has 0 radical (unpaired) electrons. The average Bonchev–Trinajstić information content (AvgIpc) is 2.70. The number of aryl methyl sites for hydroxylation is 1. The van der Waals surface area contributed by atoms with Gasteiger partial charge in [-0.1, -0.05) is 18.2 Å². The quantitative estimate of drug-likeness (QED) is 0.588. The second-order valence-corrected chi connectivity index (χ2v) is 8.13. The van der Waals surface area contributed by atoms with Crippen LogP contribution in [0.3, 0.4) is 0 Å². The Morgan fingerprint density at radius 1 is 1.17 bits per heavy atom. The van der Waals surface area contributed by atoms with Crippen LogP contribution in [0.5, 0.6) is 17.2 Å². The number of sulfonamides is 1. The maximum absolute atomic E-state index is 14.6. The van der Waals surface area contributed by atoms with Crippen molar-refractivity contribution >= 4 is 21.7 Å². The number of hydrogen-bond donors (Lipinski definition) is 3. The van der Waals surface area contributed by atoms with Gasteiger partial charge in [0.15, 0.2) is 11.6 Å². The van der Waals surface area contributed by atoms with Crippen LogP contribution in [0.25, 0.3) is 0 Å². The second kappa shape index (κ2) is 7.64. The molecule has 8 nitrogen and oxygen atoms in total. The van der Waals surface area contributed by atoms with Crippen molar-refractivity contribution in [2.45, 2.75) is 18.4 Å². The van der Waals surface area contributed by atoms with Crippen LogP contribution in [0.4, 0.5) is 10.1 Å². The van der Waals surface area contributed by atoms with E-state index in [9.17, 15) is 17.9 Å². The zero-order valence-corrected chi connectivity index (χ0v) is 16.6. The minimum Gasteiger partial charge on any atom is -0.506 e. The van der Waals surface area contributed by atoms with Gasteiger partial charge >= 0.3 is 0 Å². The highest BCUT2D eigenvalue weighted by Crippen LogP contribution is 2.39. The van der Waals surface area contributed by atoms with E-state index in [2.05, 4.69) is 20.0 Å². The largest absolute Gasteiger partial charge is 0.506 e. The summed E-state index contributed by atoms with van der Waals surface area (Å²) in [6.07, 6.45) is 1.48. The number of aromatic hydroxyl groups is 1. The molecule has 30 heavy (non-hydrogen) atoms. The summed E-state index contributed by atoms with van der Waals surface area (Å²) in [5, 5.41) is 12.6. The number of aromatic nitrogens is 1. The van der Waals surface area contributed by atoms with Gasteiger partial charge in [0.25, 0.3) is 10.0 Å². The van der Waals surface area contributed by atoms with Gasteiger partial charge in [0, 0.05) is 6.20 Å². The van der Waals surface area contributed by atoms with Gasteiger partial charge < -0.3 is 15.2 Å². The molecule has 0 atom stereocenters. The predicted octanol–water partition coefficient (Wildman–Crippen LogP) is 3.29. The molecule has 4 rings (SSSR count). The summed E-state index contributed by atoms with van der Waals surface area (Å²) in [5.41, 5.74) is 0.944. The van der Waals surface area contributed by atoms with Crippen molar-refractivity contribution in [3.63, 3.8) is 0 Å². The third-order valence-electron chi connectivity index (χ3n) is 4.39. The van der Waals surface area contributed by atoms with Crippen LogP contribution in [0.1, 0.15) is 11.3 Å². The van der Waals surface area contributed by atoms with Crippen molar-refractivity contribution in [3.05, 3.63) is 71.8 Å². The third kappa shape index (κ3) is 3.77. The minimum absolute atomic E-state index is 0.0685. The molecule has 3 aromatic rings. The number of rotatable bonds is 4. The second-order valence-electron chi connectivity index (χ2n) is 6.48. The molecule has 3 N–H and O–H groups in total. The highest BCUT2D eigenvalue weighted by Gasteiger charge is 2.31. The topological polar surface area (TPSA) is 113 Å². The minimum atomic E-state index is -4.02. The van der Waals surface area contributed by atoms with Crippen LogP contribution in [-0.2, 0) is 16.6 Å². The number of benzene rings is 2. The van der Waals surface area contributed by atoms with E-state index in [-0.39, 0.29) is 40.3 Å². The maximum atomic E-state index is 14.6. The average molecular weight is 428 g/mol. The summed E-state index contributed by atoms with van der Waals surface area (Å²) in [4.78, 5) is 7.94. The molecule has 10 heteroatoms. The first kappa shape index (κ1) is 19.6. The number of halogens is 1. The molecule has 0 amide bonds. The van der Waals surface area contributed by atoms with Crippen molar-refractivity contribution in [3.8, 4) is 17.2 Å². The van der Waals surface area contributed by atoms with Crippen LogP contribution < -0.4 is 14.8 Å². The Bertz CT molecular complexity index is 1260. The molecule has 0 unspecified atom stereocenters. The van der Waals surface area contributed by atoms with E-state index in [1.54, 1.807) is 31.2 Å². The number of guanidine groups is 1. The van der Waals surface area contributed by atoms with Gasteiger partial charge in [-0.05, 0) is 42.8 Å². The van der Waals surface area contributed by atoms with E-state index >= 15 is 0 Å². The monoisotopic (exact) mass is 428 g/mol. The summed E-state index contributed by atoms with van der Waals surface area (Å²) in [6.45, 7) is 1.69. The molecular formula is C20H17FN4O4S. The molecule has 0 fully saturated rings. The van der Waals surface area contributed by atoms with E-state index in [1.165, 1.54) is 12.3 Å². The zero-order valence-electron chi connectivity index (χ0n) is 15.8. The number of hydrogen-bond acceptors (Lipinski definition) is 6. The molecule has 2 heterocycles. The van der Waals surface area contributed by atoms with E-state index in [1.807, 2.05) is 6.07 Å². The number of nitrogens with one attached hydrogen (secondary N) is 2. The Hall–Kier alpha value is -3.66. The first-order valence-electron chi connectivity index (χ1n) is 8.88. The van der Waals surface area contributed by atoms with Crippen molar-refractivity contribution < 1.29 is 22.7 Å². The number of aliphatic imine (C=N–C) groups is 1. The van der Waals surface area contributed by atoms with Gasteiger partial charge in [0.2, 0.25) is 5.96 Å². The van der Waals surface area contributed by atoms with E-state index in [4.69, 9.17) is 4.74 Å². The molecule has 0 aliphatic carbocycles. The highest BCUT2D eigenvalue weighted by molar-refractivity contribution is 7.90. The lowest BCUT2D eigenvalue weighted by atomic mass is 10.2. The molecule has 0 spiro atoms. The maximum Gasteiger partial charge on any atom is 0.266 e. The summed E-state index contributed by atoms with van der Waals surface area (Å²) >= 11 is 0. The number of para-hydroxylation sites is 1. The van der Waals surface area contributed by atoms with Gasteiger partial charge in [-0.15, -0.1) is 0 Å². The molecule has 0 bridgehead atoms.